The molecule has 18 heavy (non-hydrogen) atoms. The molecule has 0 unspecified atom stereocenters. The van der Waals surface area contributed by atoms with Crippen molar-refractivity contribution in [2.24, 2.45) is 0 Å². The van der Waals surface area contributed by atoms with Gasteiger partial charge in [-0.25, -0.2) is 4.98 Å². The third-order valence-corrected chi connectivity index (χ3v) is 3.87. The zero-order valence-corrected chi connectivity index (χ0v) is 10.7. The molecule has 3 heteroatoms. The average molecular weight is 242 g/mol. The summed E-state index contributed by atoms with van der Waals surface area (Å²) in [7, 11) is 0. The number of nitrogens with zero attached hydrogens (tertiary/aromatic N) is 1. The molecule has 1 saturated carbocycles. The van der Waals surface area contributed by atoms with Gasteiger partial charge in [0, 0.05) is 5.92 Å². The van der Waals surface area contributed by atoms with E-state index in [0.717, 1.165) is 35.1 Å². The van der Waals surface area contributed by atoms with Gasteiger partial charge in [0.05, 0.1) is 11.0 Å². The lowest BCUT2D eigenvalue weighted by atomic mass is 9.87. The first-order valence-electron chi connectivity index (χ1n) is 6.74. The van der Waals surface area contributed by atoms with Gasteiger partial charge in [-0.3, -0.25) is 4.79 Å². The number of aryl methyl sites for hydroxylation is 1. The van der Waals surface area contributed by atoms with Crippen molar-refractivity contribution in [1.82, 2.24) is 9.97 Å². The molecule has 0 radical (unpaired) electrons. The van der Waals surface area contributed by atoms with Crippen LogP contribution < -0.4 is 5.56 Å². The van der Waals surface area contributed by atoms with Crippen LogP contribution in [0.1, 0.15) is 49.3 Å². The molecule has 0 amide bonds. The maximum Gasteiger partial charge on any atom is 0.270 e. The van der Waals surface area contributed by atoms with Gasteiger partial charge in [0.25, 0.3) is 5.56 Å². The van der Waals surface area contributed by atoms with Crippen LogP contribution in [0.5, 0.6) is 0 Å². The number of H-pyrrole nitrogens is 1. The molecule has 2 aromatic rings. The number of hydrogen-bond acceptors (Lipinski definition) is 2. The molecule has 1 aromatic heterocycles. The zero-order valence-electron chi connectivity index (χ0n) is 10.7. The Morgan fingerprint density at radius 1 is 1.22 bits per heavy atom. The van der Waals surface area contributed by atoms with E-state index in [9.17, 15) is 4.79 Å². The molecule has 0 saturated heterocycles. The number of nitrogens with one attached hydrogen (secondary N) is 1. The van der Waals surface area contributed by atoms with Crippen LogP contribution in [0.4, 0.5) is 0 Å². The number of benzene rings is 1. The Kier molecular flexibility index (Phi) is 2.90. The summed E-state index contributed by atoms with van der Waals surface area (Å²) in [6.07, 6.45) is 5.94. The van der Waals surface area contributed by atoms with Crippen LogP contribution in [0, 0.1) is 6.92 Å². The highest BCUT2D eigenvalue weighted by Crippen LogP contribution is 2.30. The van der Waals surface area contributed by atoms with Crippen LogP contribution in [0.25, 0.3) is 11.0 Å². The minimum atomic E-state index is 0.000000000000000444. The Morgan fingerprint density at radius 3 is 2.78 bits per heavy atom. The topological polar surface area (TPSA) is 45.8 Å². The van der Waals surface area contributed by atoms with Crippen molar-refractivity contribution in [3.63, 3.8) is 0 Å². The predicted molar refractivity (Wildman–Crippen MR) is 72.9 cm³/mol. The summed E-state index contributed by atoms with van der Waals surface area (Å²) in [5, 5.41) is 0. The predicted octanol–water partition coefficient (Wildman–Crippen LogP) is 3.28. The van der Waals surface area contributed by atoms with E-state index in [1.54, 1.807) is 0 Å². The highest BCUT2D eigenvalue weighted by atomic mass is 16.1. The van der Waals surface area contributed by atoms with Crippen LogP contribution in [0.15, 0.2) is 23.0 Å². The Balaban J connectivity index is 2.09. The standard InChI is InChI=1S/C15H18N2O/c1-10-7-8-12-13(9-10)17-15(18)14(16-12)11-5-3-2-4-6-11/h7-9,11H,2-6H2,1H3,(H,17,18). The molecule has 1 aliphatic rings. The molecule has 1 heterocycles. The Labute approximate surface area is 106 Å². The second-order valence-corrected chi connectivity index (χ2v) is 5.31. The first-order valence-corrected chi connectivity index (χ1v) is 6.74. The van der Waals surface area contributed by atoms with E-state index in [1.807, 2.05) is 25.1 Å². The Morgan fingerprint density at radius 2 is 2.00 bits per heavy atom. The van der Waals surface area contributed by atoms with Crippen molar-refractivity contribution in [1.29, 1.82) is 0 Å². The van der Waals surface area contributed by atoms with Crippen molar-refractivity contribution in [3.8, 4) is 0 Å². The van der Waals surface area contributed by atoms with E-state index in [4.69, 9.17) is 0 Å². The maximum absolute atomic E-state index is 12.1. The summed E-state index contributed by atoms with van der Waals surface area (Å²) in [4.78, 5) is 19.7. The van der Waals surface area contributed by atoms with Crippen molar-refractivity contribution in [2.75, 3.05) is 0 Å². The highest BCUT2D eigenvalue weighted by molar-refractivity contribution is 5.74. The lowest BCUT2D eigenvalue weighted by molar-refractivity contribution is 0.434. The molecule has 0 spiro atoms. The number of hydrogen-bond donors (Lipinski definition) is 1. The van der Waals surface area contributed by atoms with Gasteiger partial charge in [-0.05, 0) is 37.5 Å². The number of aromatic nitrogens is 2. The zero-order chi connectivity index (χ0) is 12.5. The fourth-order valence-electron chi connectivity index (χ4n) is 2.87. The molecule has 94 valence electrons. The van der Waals surface area contributed by atoms with Crippen molar-refractivity contribution in [2.45, 2.75) is 44.9 Å². The first-order chi connectivity index (χ1) is 8.74. The molecule has 3 rings (SSSR count). The summed E-state index contributed by atoms with van der Waals surface area (Å²) in [6, 6.07) is 6.01. The minimum absolute atomic E-state index is 0.000000000000000444. The highest BCUT2D eigenvalue weighted by Gasteiger charge is 2.20. The van der Waals surface area contributed by atoms with Crippen molar-refractivity contribution >= 4 is 11.0 Å². The number of fused-ring (bicyclic) bond motifs is 1. The third kappa shape index (κ3) is 2.05. The van der Waals surface area contributed by atoms with Gasteiger partial charge in [-0.15, -0.1) is 0 Å². The van der Waals surface area contributed by atoms with Gasteiger partial charge >= 0.3 is 0 Å². The van der Waals surface area contributed by atoms with Crippen LogP contribution >= 0.6 is 0 Å². The first kappa shape index (κ1) is 11.5. The van der Waals surface area contributed by atoms with Gasteiger partial charge in [-0.1, -0.05) is 25.3 Å². The molecule has 1 aromatic carbocycles. The SMILES string of the molecule is Cc1ccc2nc(C3CCCCC3)c(=O)[nH]c2c1. The van der Waals surface area contributed by atoms with Gasteiger partial charge in [-0.2, -0.15) is 0 Å². The lowest BCUT2D eigenvalue weighted by Gasteiger charge is -2.20. The quantitative estimate of drug-likeness (QED) is 0.834. The maximum atomic E-state index is 12.1. The van der Waals surface area contributed by atoms with Gasteiger partial charge < -0.3 is 4.98 Å². The fourth-order valence-corrected chi connectivity index (χ4v) is 2.87. The van der Waals surface area contributed by atoms with Crippen LogP contribution in [0.3, 0.4) is 0 Å². The van der Waals surface area contributed by atoms with Crippen molar-refractivity contribution < 1.29 is 0 Å². The van der Waals surface area contributed by atoms with E-state index >= 15 is 0 Å². The van der Waals surface area contributed by atoms with E-state index in [1.165, 1.54) is 19.3 Å². The average Bonchev–Trinajstić information content (AvgIpc) is 2.39. The van der Waals surface area contributed by atoms with Crippen LogP contribution in [0.2, 0.25) is 0 Å². The molecule has 1 aliphatic carbocycles. The molecule has 1 N–H and O–H groups in total. The summed E-state index contributed by atoms with van der Waals surface area (Å²) >= 11 is 0. The number of rotatable bonds is 1. The summed E-state index contributed by atoms with van der Waals surface area (Å²) in [5.74, 6) is 0.355. The normalized spacial score (nSPS) is 17.2. The Hall–Kier alpha value is -1.64. The summed E-state index contributed by atoms with van der Waals surface area (Å²) in [5.41, 5.74) is 3.64. The van der Waals surface area contributed by atoms with E-state index < -0.39 is 0 Å². The van der Waals surface area contributed by atoms with Gasteiger partial charge in [0.15, 0.2) is 0 Å². The minimum Gasteiger partial charge on any atom is -0.319 e. The Bertz CT molecular complexity index is 624. The third-order valence-electron chi connectivity index (χ3n) is 3.87. The van der Waals surface area contributed by atoms with E-state index in [-0.39, 0.29) is 5.56 Å². The fraction of sp³-hybridized carbons (Fsp3) is 0.467. The smallest absolute Gasteiger partial charge is 0.270 e. The second kappa shape index (κ2) is 4.56. The van der Waals surface area contributed by atoms with Gasteiger partial charge in [0.1, 0.15) is 5.69 Å². The van der Waals surface area contributed by atoms with E-state index in [2.05, 4.69) is 9.97 Å². The second-order valence-electron chi connectivity index (χ2n) is 5.31. The van der Waals surface area contributed by atoms with Crippen LogP contribution in [-0.4, -0.2) is 9.97 Å². The monoisotopic (exact) mass is 242 g/mol. The molecule has 0 aliphatic heterocycles. The van der Waals surface area contributed by atoms with E-state index in [0.29, 0.717) is 5.92 Å². The molecular formula is C15H18N2O. The lowest BCUT2D eigenvalue weighted by Crippen LogP contribution is -2.20. The molecule has 0 bridgehead atoms. The molecular weight excluding hydrogens is 224 g/mol. The van der Waals surface area contributed by atoms with Crippen molar-refractivity contribution in [3.05, 3.63) is 39.8 Å². The number of aromatic amines is 1. The molecule has 3 nitrogen and oxygen atoms in total. The van der Waals surface area contributed by atoms with Gasteiger partial charge in [0.2, 0.25) is 0 Å². The van der Waals surface area contributed by atoms with Crippen LogP contribution in [-0.2, 0) is 0 Å². The molecule has 0 atom stereocenters. The molecule has 1 fully saturated rings. The largest absolute Gasteiger partial charge is 0.319 e. The summed E-state index contributed by atoms with van der Waals surface area (Å²) < 4.78 is 0. The summed E-state index contributed by atoms with van der Waals surface area (Å²) in [6.45, 7) is 2.02.